The summed E-state index contributed by atoms with van der Waals surface area (Å²) in [5.41, 5.74) is 3.03. The Balaban J connectivity index is 1.61. The Labute approximate surface area is 198 Å². The molecule has 1 heterocycles. The van der Waals surface area contributed by atoms with Crippen LogP contribution >= 0.6 is 0 Å². The Morgan fingerprint density at radius 3 is 2.24 bits per heavy atom. The van der Waals surface area contributed by atoms with Gasteiger partial charge in [-0.3, -0.25) is 9.59 Å². The third-order valence-electron chi connectivity index (χ3n) is 5.55. The summed E-state index contributed by atoms with van der Waals surface area (Å²) < 4.78 is 23.3. The summed E-state index contributed by atoms with van der Waals surface area (Å²) in [5.74, 6) is -1.23. The Bertz CT molecular complexity index is 1210. The van der Waals surface area contributed by atoms with Gasteiger partial charge in [0.05, 0.1) is 0 Å². The number of carbonyl (C=O) groups is 3. The predicted molar refractivity (Wildman–Crippen MR) is 128 cm³/mol. The van der Waals surface area contributed by atoms with E-state index in [1.54, 1.807) is 47.4 Å². The number of carbonyl (C=O) groups excluding carboxylic acids is 3. The van der Waals surface area contributed by atoms with Crippen LogP contribution in [0.4, 0.5) is 16.2 Å². The number of benzene rings is 2. The number of sulfone groups is 1. The molecule has 0 fully saturated rings. The van der Waals surface area contributed by atoms with Crippen LogP contribution in [-0.4, -0.2) is 54.0 Å². The maximum absolute atomic E-state index is 12.7. The first-order valence-electron chi connectivity index (χ1n) is 10.7. The fourth-order valence-electron chi connectivity index (χ4n) is 3.28. The van der Waals surface area contributed by atoms with E-state index in [4.69, 9.17) is 0 Å². The van der Waals surface area contributed by atoms with Gasteiger partial charge in [-0.05, 0) is 60.9 Å². The number of anilines is 2. The smallest absolute Gasteiger partial charge is 0.322 e. The lowest BCUT2D eigenvalue weighted by molar-refractivity contribution is -0.125. The van der Waals surface area contributed by atoms with Crippen molar-refractivity contribution in [3.63, 3.8) is 0 Å². The van der Waals surface area contributed by atoms with Crippen LogP contribution in [0.3, 0.4) is 0 Å². The molecule has 0 saturated heterocycles. The molecule has 4 amide bonds. The zero-order valence-electron chi connectivity index (χ0n) is 19.2. The quantitative estimate of drug-likeness (QED) is 0.470. The second kappa shape index (κ2) is 9.82. The highest BCUT2D eigenvalue weighted by molar-refractivity contribution is 7.92. The van der Waals surface area contributed by atoms with E-state index in [2.05, 4.69) is 16.0 Å². The molecule has 0 spiro atoms. The largest absolute Gasteiger partial charge is 0.367 e. The monoisotopic (exact) mass is 488 g/mol. The van der Waals surface area contributed by atoms with Crippen molar-refractivity contribution in [1.29, 1.82) is 0 Å². The number of nitrogens with one attached hydrogen (secondary N) is 3. The topological polar surface area (TPSA) is 145 Å². The first-order valence-corrected chi connectivity index (χ1v) is 12.6. The van der Waals surface area contributed by atoms with Gasteiger partial charge in [0.1, 0.15) is 0 Å². The number of urea groups is 1. The summed E-state index contributed by atoms with van der Waals surface area (Å²) in [6, 6.07) is 11.2. The molecule has 4 N–H and O–H groups in total. The number of hydrogen-bond acceptors (Lipinski definition) is 6. The molecule has 2 aromatic rings. The molecule has 1 aliphatic heterocycles. The predicted octanol–water partition coefficient (Wildman–Crippen LogP) is 2.07. The molecule has 2 aromatic carbocycles. The van der Waals surface area contributed by atoms with E-state index in [1.165, 1.54) is 0 Å². The van der Waals surface area contributed by atoms with Gasteiger partial charge in [0, 0.05) is 42.8 Å². The maximum atomic E-state index is 12.7. The van der Waals surface area contributed by atoms with Crippen LogP contribution in [0.15, 0.2) is 42.5 Å². The van der Waals surface area contributed by atoms with Crippen LogP contribution in [0.2, 0.25) is 0 Å². The Kier molecular flexibility index (Phi) is 7.27. The minimum atomic E-state index is -4.03. The van der Waals surface area contributed by atoms with Crippen LogP contribution < -0.4 is 16.0 Å². The highest BCUT2D eigenvalue weighted by Crippen LogP contribution is 2.27. The standard InChI is InChI=1S/C23H28N4O6S/c1-4-11-24-20(28)15-5-8-18(9-6-15)26-22(30)27-13-16-7-10-19(12-17(16)14-27)25-21(29)23(2,31)34(3,32)33/h5-10,12,31H,4,11,13-14H2,1-3H3,(H,24,28)(H,25,29)(H,26,30). The van der Waals surface area contributed by atoms with Crippen LogP contribution in [0, 0.1) is 0 Å². The van der Waals surface area contributed by atoms with Crippen molar-refractivity contribution >= 4 is 39.1 Å². The Morgan fingerprint density at radius 1 is 1.00 bits per heavy atom. The third-order valence-corrected chi connectivity index (χ3v) is 7.18. The number of nitrogens with zero attached hydrogens (tertiary/aromatic N) is 1. The van der Waals surface area contributed by atoms with Gasteiger partial charge >= 0.3 is 6.03 Å². The lowest BCUT2D eigenvalue weighted by Crippen LogP contribution is -2.46. The fraction of sp³-hybridized carbons (Fsp3) is 0.348. The molecule has 0 radical (unpaired) electrons. The second-order valence-corrected chi connectivity index (χ2v) is 10.7. The molecule has 1 aliphatic rings. The molecule has 10 nitrogen and oxygen atoms in total. The van der Waals surface area contributed by atoms with Gasteiger partial charge in [0.15, 0.2) is 9.84 Å². The van der Waals surface area contributed by atoms with E-state index in [0.717, 1.165) is 30.7 Å². The van der Waals surface area contributed by atoms with Crippen molar-refractivity contribution in [1.82, 2.24) is 10.2 Å². The van der Waals surface area contributed by atoms with Crippen molar-refractivity contribution in [2.24, 2.45) is 0 Å². The summed E-state index contributed by atoms with van der Waals surface area (Å²) in [7, 11) is -4.03. The summed E-state index contributed by atoms with van der Waals surface area (Å²) in [5, 5.41) is 18.0. The molecule has 34 heavy (non-hydrogen) atoms. The zero-order valence-corrected chi connectivity index (χ0v) is 20.0. The van der Waals surface area contributed by atoms with Gasteiger partial charge in [-0.2, -0.15) is 0 Å². The van der Waals surface area contributed by atoms with Crippen molar-refractivity contribution in [3.05, 3.63) is 59.2 Å². The van der Waals surface area contributed by atoms with E-state index in [9.17, 15) is 27.9 Å². The molecule has 182 valence electrons. The van der Waals surface area contributed by atoms with Crippen molar-refractivity contribution in [2.45, 2.75) is 38.3 Å². The number of aliphatic hydroxyl groups is 1. The third kappa shape index (κ3) is 5.54. The van der Waals surface area contributed by atoms with Gasteiger partial charge in [0.25, 0.3) is 11.8 Å². The number of hydrogen-bond donors (Lipinski definition) is 4. The van der Waals surface area contributed by atoms with Crippen LogP contribution in [0.25, 0.3) is 0 Å². The number of fused-ring (bicyclic) bond motifs is 1. The van der Waals surface area contributed by atoms with Crippen LogP contribution in [0.5, 0.6) is 0 Å². The number of rotatable bonds is 7. The molecule has 0 saturated carbocycles. The fourth-order valence-corrected chi connectivity index (χ4v) is 3.67. The first kappa shape index (κ1) is 25.2. The van der Waals surface area contributed by atoms with E-state index in [1.807, 2.05) is 6.92 Å². The molecule has 1 atom stereocenters. The summed E-state index contributed by atoms with van der Waals surface area (Å²) in [4.78, 5) is 36.0. The highest BCUT2D eigenvalue weighted by Gasteiger charge is 2.41. The minimum absolute atomic E-state index is 0.171. The Morgan fingerprint density at radius 2 is 1.62 bits per heavy atom. The average molecular weight is 489 g/mol. The molecule has 0 aromatic heterocycles. The van der Waals surface area contributed by atoms with E-state index in [0.29, 0.717) is 30.0 Å². The van der Waals surface area contributed by atoms with E-state index in [-0.39, 0.29) is 18.5 Å². The maximum Gasteiger partial charge on any atom is 0.322 e. The SMILES string of the molecule is CCCNC(=O)c1ccc(NC(=O)N2Cc3ccc(NC(=O)C(C)(O)S(C)(=O)=O)cc3C2)cc1. The van der Waals surface area contributed by atoms with Gasteiger partial charge in [-0.1, -0.05) is 13.0 Å². The first-order chi connectivity index (χ1) is 15.9. The van der Waals surface area contributed by atoms with Crippen LogP contribution in [0.1, 0.15) is 41.8 Å². The molecule has 3 rings (SSSR count). The highest BCUT2D eigenvalue weighted by atomic mass is 32.2. The summed E-state index contributed by atoms with van der Waals surface area (Å²) in [6.07, 6.45) is 1.62. The Hall–Kier alpha value is -3.44. The average Bonchev–Trinajstić information content (AvgIpc) is 3.20. The normalized spacial score (nSPS) is 14.6. The van der Waals surface area contributed by atoms with Crippen molar-refractivity contribution in [2.75, 3.05) is 23.4 Å². The van der Waals surface area contributed by atoms with E-state index < -0.39 is 20.7 Å². The summed E-state index contributed by atoms with van der Waals surface area (Å²) in [6.45, 7) is 4.12. The van der Waals surface area contributed by atoms with Crippen molar-refractivity contribution < 1.29 is 27.9 Å². The molecular formula is C23H28N4O6S. The van der Waals surface area contributed by atoms with Gasteiger partial charge in [0.2, 0.25) is 4.93 Å². The molecular weight excluding hydrogens is 460 g/mol. The minimum Gasteiger partial charge on any atom is -0.367 e. The lowest BCUT2D eigenvalue weighted by atomic mass is 10.1. The van der Waals surface area contributed by atoms with Gasteiger partial charge in [-0.25, -0.2) is 13.2 Å². The van der Waals surface area contributed by atoms with E-state index >= 15 is 0 Å². The molecule has 0 bridgehead atoms. The van der Waals surface area contributed by atoms with Crippen LogP contribution in [-0.2, 0) is 27.7 Å². The molecule has 1 unspecified atom stereocenters. The summed E-state index contributed by atoms with van der Waals surface area (Å²) >= 11 is 0. The zero-order chi connectivity index (χ0) is 25.1. The number of amides is 4. The molecule has 11 heteroatoms. The van der Waals surface area contributed by atoms with Gasteiger partial charge < -0.3 is 26.0 Å². The second-order valence-electron chi connectivity index (χ2n) is 8.31. The van der Waals surface area contributed by atoms with Crippen molar-refractivity contribution in [3.8, 4) is 0 Å². The van der Waals surface area contributed by atoms with Gasteiger partial charge in [-0.15, -0.1) is 0 Å². The molecule has 0 aliphatic carbocycles. The lowest BCUT2D eigenvalue weighted by Gasteiger charge is -2.20.